The monoisotopic (exact) mass is 423 g/mol. The molecule has 2 N–H and O–H groups in total. The second-order valence-electron chi connectivity index (χ2n) is 5.96. The Morgan fingerprint density at radius 3 is 2.21 bits per heavy atom. The van der Waals surface area contributed by atoms with Gasteiger partial charge in [-0.2, -0.15) is 13.2 Å². The molecule has 1 heterocycles. The molecule has 3 rings (SSSR count). The predicted octanol–water partition coefficient (Wildman–Crippen LogP) is 5.85. The fraction of sp³-hybridized carbons (Fsp3) is 0.111. The largest absolute Gasteiger partial charge is 0.416 e. The lowest BCUT2D eigenvalue weighted by Crippen LogP contribution is -2.07. The van der Waals surface area contributed by atoms with Crippen LogP contribution in [0.1, 0.15) is 11.1 Å². The molecule has 0 bridgehead atoms. The number of hydrogen-bond acceptors (Lipinski definition) is 6. The number of aryl methyl sites for hydroxylation is 1. The summed E-state index contributed by atoms with van der Waals surface area (Å²) in [7, 11) is 0. The molecule has 0 aliphatic carbocycles. The van der Waals surface area contributed by atoms with Crippen molar-refractivity contribution < 1.29 is 18.1 Å². The van der Waals surface area contributed by atoms with Crippen LogP contribution in [-0.2, 0) is 6.18 Å². The summed E-state index contributed by atoms with van der Waals surface area (Å²) in [5.41, 5.74) is 0.204. The molecule has 2 aromatic carbocycles. The van der Waals surface area contributed by atoms with Crippen molar-refractivity contribution in [3.63, 3.8) is 0 Å². The van der Waals surface area contributed by atoms with Gasteiger partial charge in [-0.1, -0.05) is 11.6 Å². The molecule has 150 valence electrons. The first kappa shape index (κ1) is 20.3. The van der Waals surface area contributed by atoms with Crippen LogP contribution >= 0.6 is 11.6 Å². The normalized spacial score (nSPS) is 11.2. The zero-order chi connectivity index (χ0) is 21.2. The van der Waals surface area contributed by atoms with E-state index in [4.69, 9.17) is 11.6 Å². The molecule has 0 saturated carbocycles. The molecule has 0 fully saturated rings. The Hall–Kier alpha value is -3.40. The molecule has 29 heavy (non-hydrogen) atoms. The Kier molecular flexibility index (Phi) is 5.55. The highest BCUT2D eigenvalue weighted by Gasteiger charge is 2.30. The molecule has 0 radical (unpaired) electrons. The van der Waals surface area contributed by atoms with E-state index < -0.39 is 22.4 Å². The lowest BCUT2D eigenvalue weighted by molar-refractivity contribution is -0.383. The summed E-state index contributed by atoms with van der Waals surface area (Å²) < 4.78 is 38.1. The molecule has 0 spiro atoms. The number of aromatic nitrogens is 2. The molecule has 3 aromatic rings. The van der Waals surface area contributed by atoms with Gasteiger partial charge in [0.15, 0.2) is 0 Å². The lowest BCUT2D eigenvalue weighted by Gasteiger charge is -2.12. The standard InChI is InChI=1S/C18H13ClF3N5O2/c1-10-8-12(19)4-7-14(10)26-17-15(27(28)29)16(23-9-24-17)25-13-5-2-11(3-6-13)18(20,21)22/h2-9H,1H3,(H2,23,24,25,26). The Morgan fingerprint density at radius 2 is 1.66 bits per heavy atom. The van der Waals surface area contributed by atoms with Gasteiger partial charge in [0.1, 0.15) is 6.33 Å². The number of nitrogens with one attached hydrogen (secondary N) is 2. The van der Waals surface area contributed by atoms with Crippen LogP contribution in [0, 0.1) is 17.0 Å². The van der Waals surface area contributed by atoms with Crippen molar-refractivity contribution in [1.29, 1.82) is 0 Å². The van der Waals surface area contributed by atoms with Gasteiger partial charge in [-0.3, -0.25) is 10.1 Å². The van der Waals surface area contributed by atoms with E-state index in [2.05, 4.69) is 20.6 Å². The molecule has 0 saturated heterocycles. The molecule has 0 atom stereocenters. The second kappa shape index (κ2) is 7.92. The Balaban J connectivity index is 1.93. The minimum Gasteiger partial charge on any atom is -0.334 e. The molecule has 1 aromatic heterocycles. The lowest BCUT2D eigenvalue weighted by atomic mass is 10.2. The van der Waals surface area contributed by atoms with Crippen molar-refractivity contribution in [2.75, 3.05) is 10.6 Å². The van der Waals surface area contributed by atoms with Crippen molar-refractivity contribution in [2.45, 2.75) is 13.1 Å². The number of benzene rings is 2. The maximum absolute atomic E-state index is 12.7. The van der Waals surface area contributed by atoms with E-state index in [9.17, 15) is 23.3 Å². The van der Waals surface area contributed by atoms with Crippen molar-refractivity contribution in [3.8, 4) is 0 Å². The maximum Gasteiger partial charge on any atom is 0.416 e. The first-order valence-electron chi connectivity index (χ1n) is 8.12. The summed E-state index contributed by atoms with van der Waals surface area (Å²) in [6.07, 6.45) is -3.38. The summed E-state index contributed by atoms with van der Waals surface area (Å²) >= 11 is 5.91. The third-order valence-corrected chi connectivity index (χ3v) is 4.16. The van der Waals surface area contributed by atoms with Gasteiger partial charge in [0.05, 0.1) is 10.5 Å². The Bertz CT molecular complexity index is 1060. The summed E-state index contributed by atoms with van der Waals surface area (Å²) in [4.78, 5) is 18.7. The minimum atomic E-state index is -4.48. The predicted molar refractivity (Wildman–Crippen MR) is 103 cm³/mol. The number of hydrogen-bond donors (Lipinski definition) is 2. The van der Waals surface area contributed by atoms with Crippen LogP contribution < -0.4 is 10.6 Å². The molecule has 0 aliphatic rings. The maximum atomic E-state index is 12.7. The highest BCUT2D eigenvalue weighted by atomic mass is 35.5. The van der Waals surface area contributed by atoms with Crippen LogP contribution in [0.25, 0.3) is 0 Å². The van der Waals surface area contributed by atoms with Gasteiger partial charge in [-0.25, -0.2) is 9.97 Å². The second-order valence-corrected chi connectivity index (χ2v) is 6.40. The number of rotatable bonds is 5. The number of anilines is 4. The summed E-state index contributed by atoms with van der Waals surface area (Å²) in [5, 5.41) is 17.7. The average Bonchev–Trinajstić information content (AvgIpc) is 2.63. The molecule has 0 unspecified atom stereocenters. The SMILES string of the molecule is Cc1cc(Cl)ccc1Nc1ncnc(Nc2ccc(C(F)(F)F)cc2)c1[N+](=O)[O-]. The highest BCUT2D eigenvalue weighted by molar-refractivity contribution is 6.30. The van der Waals surface area contributed by atoms with E-state index in [1.165, 1.54) is 0 Å². The van der Waals surface area contributed by atoms with Crippen molar-refractivity contribution in [1.82, 2.24) is 9.97 Å². The molecular weight excluding hydrogens is 411 g/mol. The van der Waals surface area contributed by atoms with Crippen LogP contribution in [0.4, 0.5) is 41.9 Å². The van der Waals surface area contributed by atoms with Gasteiger partial charge in [-0.05, 0) is 55.0 Å². The van der Waals surface area contributed by atoms with E-state index in [-0.39, 0.29) is 17.3 Å². The molecule has 7 nitrogen and oxygen atoms in total. The van der Waals surface area contributed by atoms with Gasteiger partial charge in [0, 0.05) is 16.4 Å². The van der Waals surface area contributed by atoms with Gasteiger partial charge in [-0.15, -0.1) is 0 Å². The average molecular weight is 424 g/mol. The van der Waals surface area contributed by atoms with Gasteiger partial charge in [0.25, 0.3) is 0 Å². The van der Waals surface area contributed by atoms with E-state index in [1.807, 2.05) is 0 Å². The van der Waals surface area contributed by atoms with E-state index in [1.54, 1.807) is 25.1 Å². The fourth-order valence-electron chi connectivity index (χ4n) is 2.51. The Labute approximate surface area is 167 Å². The van der Waals surface area contributed by atoms with E-state index in [0.717, 1.165) is 36.2 Å². The van der Waals surface area contributed by atoms with E-state index >= 15 is 0 Å². The smallest absolute Gasteiger partial charge is 0.334 e. The summed E-state index contributed by atoms with van der Waals surface area (Å²) in [5.74, 6) is -0.247. The third kappa shape index (κ3) is 4.72. The topological polar surface area (TPSA) is 93.0 Å². The van der Waals surface area contributed by atoms with Crippen molar-refractivity contribution in [2.24, 2.45) is 0 Å². The van der Waals surface area contributed by atoms with Crippen LogP contribution in [0.15, 0.2) is 48.8 Å². The van der Waals surface area contributed by atoms with Crippen LogP contribution in [0.3, 0.4) is 0 Å². The summed E-state index contributed by atoms with van der Waals surface area (Å²) in [6.45, 7) is 1.77. The van der Waals surface area contributed by atoms with Crippen LogP contribution in [-0.4, -0.2) is 14.9 Å². The summed E-state index contributed by atoms with van der Waals surface area (Å²) in [6, 6.07) is 8.99. The third-order valence-electron chi connectivity index (χ3n) is 3.92. The highest BCUT2D eigenvalue weighted by Crippen LogP contribution is 2.35. The molecule has 11 heteroatoms. The van der Waals surface area contributed by atoms with Gasteiger partial charge >= 0.3 is 11.9 Å². The number of alkyl halides is 3. The zero-order valence-electron chi connectivity index (χ0n) is 14.8. The molecule has 0 amide bonds. The van der Waals surface area contributed by atoms with Gasteiger partial charge < -0.3 is 10.6 Å². The number of nitro groups is 1. The number of nitrogens with zero attached hydrogens (tertiary/aromatic N) is 3. The van der Waals surface area contributed by atoms with Crippen molar-refractivity contribution >= 4 is 40.3 Å². The molecular formula is C18H13ClF3N5O2. The van der Waals surface area contributed by atoms with Crippen LogP contribution in [0.5, 0.6) is 0 Å². The van der Waals surface area contributed by atoms with Crippen molar-refractivity contribution in [3.05, 3.63) is 75.1 Å². The minimum absolute atomic E-state index is 0.0789. The fourth-order valence-corrected chi connectivity index (χ4v) is 2.74. The number of halogens is 4. The first-order valence-corrected chi connectivity index (χ1v) is 8.50. The quantitative estimate of drug-likeness (QED) is 0.395. The first-order chi connectivity index (χ1) is 13.6. The van der Waals surface area contributed by atoms with Gasteiger partial charge in [0.2, 0.25) is 11.6 Å². The van der Waals surface area contributed by atoms with E-state index in [0.29, 0.717) is 10.7 Å². The van der Waals surface area contributed by atoms with Crippen LogP contribution in [0.2, 0.25) is 5.02 Å². The molecule has 0 aliphatic heterocycles. The zero-order valence-corrected chi connectivity index (χ0v) is 15.5. The Morgan fingerprint density at radius 1 is 1.03 bits per heavy atom.